The Morgan fingerprint density at radius 2 is 1.88 bits per heavy atom. The lowest BCUT2D eigenvalue weighted by Crippen LogP contribution is -2.40. The molecule has 1 fully saturated rings. The molecule has 0 aromatic heterocycles. The van der Waals surface area contributed by atoms with E-state index in [2.05, 4.69) is 11.9 Å². The van der Waals surface area contributed by atoms with E-state index in [1.54, 1.807) is 23.1 Å². The first-order valence-electron chi connectivity index (χ1n) is 10.7. The van der Waals surface area contributed by atoms with Crippen LogP contribution in [0.25, 0.3) is 0 Å². The number of carbonyl (C=O) groups is 3. The fraction of sp³-hybridized carbons (Fsp3) is 0.320. The highest BCUT2D eigenvalue weighted by atomic mass is 19.3. The molecule has 33 heavy (non-hydrogen) atoms. The molecule has 1 saturated carbocycles. The number of fused-ring (bicyclic) bond motifs is 1. The van der Waals surface area contributed by atoms with Crippen LogP contribution in [0.3, 0.4) is 0 Å². The number of halogens is 3. The first-order chi connectivity index (χ1) is 15.7. The molecule has 2 amide bonds. The number of amides is 2. The van der Waals surface area contributed by atoms with E-state index in [1.165, 1.54) is 0 Å². The van der Waals surface area contributed by atoms with Crippen LogP contribution in [-0.2, 0) is 28.6 Å². The van der Waals surface area contributed by atoms with E-state index in [1.807, 2.05) is 0 Å². The number of carbonyl (C=O) groups excluding carboxylic acids is 3. The number of benzene rings is 2. The van der Waals surface area contributed by atoms with Gasteiger partial charge in [0.05, 0.1) is 6.04 Å². The molecule has 2 aliphatic rings. The molecule has 0 bridgehead atoms. The van der Waals surface area contributed by atoms with Crippen molar-refractivity contribution in [1.29, 1.82) is 0 Å². The summed E-state index contributed by atoms with van der Waals surface area (Å²) >= 11 is 0. The van der Waals surface area contributed by atoms with Gasteiger partial charge in [0.15, 0.2) is 5.78 Å². The number of nitrogens with one attached hydrogen (secondary N) is 1. The Balaban J connectivity index is 1.44. The summed E-state index contributed by atoms with van der Waals surface area (Å²) in [7, 11) is 0. The van der Waals surface area contributed by atoms with Gasteiger partial charge in [-0.2, -0.15) is 8.78 Å². The third-order valence-corrected chi connectivity index (χ3v) is 6.13. The second-order valence-corrected chi connectivity index (χ2v) is 8.49. The predicted octanol–water partition coefficient (Wildman–Crippen LogP) is 4.26. The summed E-state index contributed by atoms with van der Waals surface area (Å²) in [4.78, 5) is 39.1. The number of hydrogen-bond acceptors (Lipinski definition) is 3. The van der Waals surface area contributed by atoms with Crippen LogP contribution in [0.2, 0.25) is 0 Å². The molecule has 1 heterocycles. The molecular weight excluding hydrogens is 433 g/mol. The van der Waals surface area contributed by atoms with Crippen molar-refractivity contribution in [2.75, 3.05) is 0 Å². The highest BCUT2D eigenvalue weighted by molar-refractivity contribution is 6.01. The molecule has 2 aromatic rings. The minimum atomic E-state index is -3.82. The fourth-order valence-corrected chi connectivity index (χ4v) is 4.33. The maximum absolute atomic E-state index is 14.4. The van der Waals surface area contributed by atoms with Crippen LogP contribution >= 0.6 is 0 Å². The van der Waals surface area contributed by atoms with Crippen LogP contribution in [-0.4, -0.2) is 28.5 Å². The zero-order valence-electron chi connectivity index (χ0n) is 17.9. The number of ketones is 1. The lowest BCUT2D eigenvalue weighted by Gasteiger charge is -2.25. The number of rotatable bonds is 5. The van der Waals surface area contributed by atoms with Gasteiger partial charge in [-0.1, -0.05) is 24.3 Å². The van der Waals surface area contributed by atoms with Crippen molar-refractivity contribution < 1.29 is 27.6 Å². The molecule has 0 spiro atoms. The van der Waals surface area contributed by atoms with Crippen molar-refractivity contribution in [1.82, 2.24) is 10.2 Å². The number of nitrogens with zero attached hydrogens (tertiary/aromatic N) is 1. The van der Waals surface area contributed by atoms with Crippen LogP contribution in [0.1, 0.15) is 52.7 Å². The molecule has 0 radical (unpaired) electrons. The number of hydrogen-bond donors (Lipinski definition) is 1. The van der Waals surface area contributed by atoms with E-state index in [-0.39, 0.29) is 31.2 Å². The Hall–Kier alpha value is -3.42. The highest BCUT2D eigenvalue weighted by Crippen LogP contribution is 2.31. The lowest BCUT2D eigenvalue weighted by molar-refractivity contribution is -0.147. The van der Waals surface area contributed by atoms with Gasteiger partial charge in [0.1, 0.15) is 5.82 Å². The summed E-state index contributed by atoms with van der Waals surface area (Å²) < 4.78 is 41.8. The van der Waals surface area contributed by atoms with E-state index < -0.39 is 29.3 Å². The van der Waals surface area contributed by atoms with E-state index in [0.717, 1.165) is 42.7 Å². The summed E-state index contributed by atoms with van der Waals surface area (Å²) in [5, 5.41) is 2.20. The molecule has 2 aromatic carbocycles. The Labute approximate surface area is 189 Å². The second kappa shape index (κ2) is 8.84. The number of Topliss-reactive ketones (excluding diaryl/α,β-unsaturated/α-hetero) is 1. The van der Waals surface area contributed by atoms with E-state index in [4.69, 9.17) is 0 Å². The first-order valence-corrected chi connectivity index (χ1v) is 10.7. The Morgan fingerprint density at radius 1 is 1.15 bits per heavy atom. The van der Waals surface area contributed by atoms with Crippen molar-refractivity contribution in [2.24, 2.45) is 0 Å². The molecule has 172 valence electrons. The van der Waals surface area contributed by atoms with Crippen molar-refractivity contribution >= 4 is 17.6 Å². The SMILES string of the molecule is C=C1CCCC(N2Cc3cc(CNC(=O)C(F)(F)c4ccc(F)cc4)ccc3C2=O)C(=O)C1. The smallest absolute Gasteiger partial charge is 0.346 e. The zero-order valence-corrected chi connectivity index (χ0v) is 17.9. The summed E-state index contributed by atoms with van der Waals surface area (Å²) in [5.41, 5.74) is 1.98. The summed E-state index contributed by atoms with van der Waals surface area (Å²) in [5.74, 6) is -6.24. The van der Waals surface area contributed by atoms with Crippen LogP contribution in [0.5, 0.6) is 0 Å². The minimum absolute atomic E-state index is 0.0193. The Kier molecular flexibility index (Phi) is 6.10. The first kappa shape index (κ1) is 22.8. The molecule has 1 aliphatic heterocycles. The summed E-state index contributed by atoms with van der Waals surface area (Å²) in [6.07, 6.45) is 2.40. The molecule has 1 atom stereocenters. The molecule has 1 unspecified atom stereocenters. The standard InChI is InChI=1S/C25H23F3N2O3/c1-15-3-2-4-21(22(31)11-15)30-14-17-12-16(5-10-20(17)23(30)32)13-29-24(33)25(27,28)18-6-8-19(26)9-7-18/h5-10,12,21H,1-4,11,13-14H2,(H,29,33). The maximum atomic E-state index is 14.4. The maximum Gasteiger partial charge on any atom is 0.349 e. The molecule has 1 N–H and O–H groups in total. The largest absolute Gasteiger partial charge is 0.349 e. The van der Waals surface area contributed by atoms with Gasteiger partial charge >= 0.3 is 5.92 Å². The quantitative estimate of drug-likeness (QED) is 0.540. The van der Waals surface area contributed by atoms with Crippen molar-refractivity contribution in [2.45, 2.75) is 50.7 Å². The number of allylic oxidation sites excluding steroid dienone is 1. The topological polar surface area (TPSA) is 66.5 Å². The Morgan fingerprint density at radius 3 is 2.61 bits per heavy atom. The van der Waals surface area contributed by atoms with Gasteiger partial charge in [-0.05, 0) is 60.7 Å². The van der Waals surface area contributed by atoms with Crippen molar-refractivity contribution in [3.05, 3.63) is 82.7 Å². The summed E-state index contributed by atoms with van der Waals surface area (Å²) in [6.45, 7) is 3.99. The molecule has 1 aliphatic carbocycles. The molecule has 0 saturated heterocycles. The number of alkyl halides is 2. The highest BCUT2D eigenvalue weighted by Gasteiger charge is 2.41. The van der Waals surface area contributed by atoms with Gasteiger partial charge in [-0.15, -0.1) is 0 Å². The van der Waals surface area contributed by atoms with Gasteiger partial charge in [-0.25, -0.2) is 4.39 Å². The van der Waals surface area contributed by atoms with Crippen LogP contribution in [0.4, 0.5) is 13.2 Å². The van der Waals surface area contributed by atoms with E-state index in [0.29, 0.717) is 23.1 Å². The van der Waals surface area contributed by atoms with Crippen LogP contribution in [0.15, 0.2) is 54.6 Å². The average molecular weight is 456 g/mol. The predicted molar refractivity (Wildman–Crippen MR) is 115 cm³/mol. The molecule has 5 nitrogen and oxygen atoms in total. The van der Waals surface area contributed by atoms with Gasteiger partial charge in [0.25, 0.3) is 11.8 Å². The molecular formula is C25H23F3N2O3. The van der Waals surface area contributed by atoms with Crippen molar-refractivity contribution in [3.8, 4) is 0 Å². The Bertz CT molecular complexity index is 1130. The van der Waals surface area contributed by atoms with Crippen LogP contribution in [0, 0.1) is 5.82 Å². The van der Waals surface area contributed by atoms with Gasteiger partial charge in [0.2, 0.25) is 0 Å². The van der Waals surface area contributed by atoms with Crippen molar-refractivity contribution in [3.63, 3.8) is 0 Å². The van der Waals surface area contributed by atoms with Gasteiger partial charge in [-0.3, -0.25) is 14.4 Å². The monoisotopic (exact) mass is 456 g/mol. The summed E-state index contributed by atoms with van der Waals surface area (Å²) in [6, 6.07) is 7.85. The second-order valence-electron chi connectivity index (χ2n) is 8.49. The van der Waals surface area contributed by atoms with E-state index >= 15 is 0 Å². The lowest BCUT2D eigenvalue weighted by atomic mass is 10.1. The van der Waals surface area contributed by atoms with E-state index in [9.17, 15) is 27.6 Å². The minimum Gasteiger partial charge on any atom is -0.346 e. The van der Waals surface area contributed by atoms with Gasteiger partial charge < -0.3 is 10.2 Å². The molecule has 4 rings (SSSR count). The third-order valence-electron chi connectivity index (χ3n) is 6.13. The zero-order chi connectivity index (χ0) is 23.8. The van der Waals surface area contributed by atoms with Crippen LogP contribution < -0.4 is 5.32 Å². The average Bonchev–Trinajstić information content (AvgIpc) is 2.99. The fourth-order valence-electron chi connectivity index (χ4n) is 4.33. The normalized spacial score (nSPS) is 18.8. The molecule has 8 heteroatoms. The third kappa shape index (κ3) is 4.55. The van der Waals surface area contributed by atoms with Gasteiger partial charge in [0, 0.05) is 30.6 Å².